The Hall–Kier alpha value is -1.47. The summed E-state index contributed by atoms with van der Waals surface area (Å²) < 4.78 is 37.2. The van der Waals surface area contributed by atoms with Gasteiger partial charge in [0.1, 0.15) is 0 Å². The number of carboxylic acids is 1. The zero-order chi connectivity index (χ0) is 15.7. The highest BCUT2D eigenvalue weighted by molar-refractivity contribution is 6.36. The largest absolute Gasteiger partial charge is 0.479 e. The van der Waals surface area contributed by atoms with Gasteiger partial charge in [0.05, 0.1) is 0 Å². The number of alkyl halides is 3. The highest BCUT2D eigenvalue weighted by Crippen LogP contribution is 2.35. The first-order chi connectivity index (χ1) is 9.07. The van der Waals surface area contributed by atoms with Gasteiger partial charge in [-0.05, 0) is 12.1 Å². The standard InChI is InChI=1S/C11H8Cl2F3NO3/c1-17(10(20)11(14,15)16)8(9(18)19)7-5(12)3-2-4-6(7)13/h2-4,8H,1H3,(H,18,19). The third-order valence-electron chi connectivity index (χ3n) is 2.46. The van der Waals surface area contributed by atoms with Gasteiger partial charge in [0, 0.05) is 22.7 Å². The van der Waals surface area contributed by atoms with E-state index in [0.717, 1.165) is 0 Å². The fourth-order valence-corrected chi connectivity index (χ4v) is 2.18. The van der Waals surface area contributed by atoms with Gasteiger partial charge in [0.2, 0.25) is 0 Å². The van der Waals surface area contributed by atoms with Crippen LogP contribution in [-0.4, -0.2) is 35.1 Å². The molecule has 1 aromatic carbocycles. The van der Waals surface area contributed by atoms with Crippen molar-refractivity contribution in [3.8, 4) is 0 Å². The van der Waals surface area contributed by atoms with Gasteiger partial charge in [-0.15, -0.1) is 0 Å². The van der Waals surface area contributed by atoms with Crippen LogP contribution in [0.2, 0.25) is 10.0 Å². The lowest BCUT2D eigenvalue weighted by Crippen LogP contribution is -2.43. The molecule has 0 fully saturated rings. The highest BCUT2D eigenvalue weighted by atomic mass is 35.5. The molecule has 1 rings (SSSR count). The minimum Gasteiger partial charge on any atom is -0.479 e. The Morgan fingerprint density at radius 3 is 2.05 bits per heavy atom. The summed E-state index contributed by atoms with van der Waals surface area (Å²) in [6.45, 7) is 0. The summed E-state index contributed by atoms with van der Waals surface area (Å²) in [6, 6.07) is 2.00. The van der Waals surface area contributed by atoms with Gasteiger partial charge >= 0.3 is 18.1 Å². The van der Waals surface area contributed by atoms with Crippen LogP contribution in [0.1, 0.15) is 11.6 Å². The molecule has 0 bridgehead atoms. The Labute approximate surface area is 121 Å². The molecule has 4 nitrogen and oxygen atoms in total. The summed E-state index contributed by atoms with van der Waals surface area (Å²) in [5.74, 6) is -3.99. The van der Waals surface area contributed by atoms with Crippen LogP contribution >= 0.6 is 23.2 Å². The molecular formula is C11H8Cl2F3NO3. The number of aliphatic carboxylic acids is 1. The Balaban J connectivity index is 3.33. The van der Waals surface area contributed by atoms with Crippen molar-refractivity contribution >= 4 is 35.1 Å². The second-order valence-electron chi connectivity index (χ2n) is 3.79. The molecule has 0 aromatic heterocycles. The van der Waals surface area contributed by atoms with Gasteiger partial charge in [-0.25, -0.2) is 4.79 Å². The number of rotatable bonds is 3. The predicted octanol–water partition coefficient (Wildman–Crippen LogP) is 3.14. The van der Waals surface area contributed by atoms with E-state index in [1.165, 1.54) is 18.2 Å². The first-order valence-electron chi connectivity index (χ1n) is 5.08. The van der Waals surface area contributed by atoms with Crippen LogP contribution in [0.25, 0.3) is 0 Å². The van der Waals surface area contributed by atoms with E-state index < -0.39 is 24.1 Å². The first kappa shape index (κ1) is 16.6. The fourth-order valence-electron chi connectivity index (χ4n) is 1.57. The van der Waals surface area contributed by atoms with Crippen molar-refractivity contribution in [3.05, 3.63) is 33.8 Å². The molecule has 20 heavy (non-hydrogen) atoms. The number of benzene rings is 1. The molecule has 0 spiro atoms. The second-order valence-corrected chi connectivity index (χ2v) is 4.60. The summed E-state index contributed by atoms with van der Waals surface area (Å²) in [5, 5.41) is 8.79. The van der Waals surface area contributed by atoms with Crippen molar-refractivity contribution < 1.29 is 27.9 Å². The molecule has 0 radical (unpaired) electrons. The molecule has 0 heterocycles. The average Bonchev–Trinajstić information content (AvgIpc) is 2.30. The Kier molecular flexibility index (Phi) is 4.88. The van der Waals surface area contributed by atoms with Crippen molar-refractivity contribution in [2.75, 3.05) is 7.05 Å². The number of carbonyl (C=O) groups is 2. The molecule has 1 aromatic rings. The van der Waals surface area contributed by atoms with Crippen LogP contribution in [0.4, 0.5) is 13.2 Å². The summed E-state index contributed by atoms with van der Waals surface area (Å²) in [6.07, 6.45) is -5.20. The van der Waals surface area contributed by atoms with Crippen LogP contribution in [0.5, 0.6) is 0 Å². The van der Waals surface area contributed by atoms with E-state index in [1.54, 1.807) is 0 Å². The molecule has 0 saturated heterocycles. The Morgan fingerprint density at radius 1 is 1.25 bits per heavy atom. The first-order valence-corrected chi connectivity index (χ1v) is 5.83. The van der Waals surface area contributed by atoms with E-state index in [4.69, 9.17) is 28.3 Å². The number of halogens is 5. The maximum Gasteiger partial charge on any atom is 0.471 e. The molecule has 1 N–H and O–H groups in total. The number of hydrogen-bond donors (Lipinski definition) is 1. The number of nitrogens with zero attached hydrogens (tertiary/aromatic N) is 1. The normalized spacial score (nSPS) is 12.9. The van der Waals surface area contributed by atoms with Crippen molar-refractivity contribution in [1.29, 1.82) is 0 Å². The lowest BCUT2D eigenvalue weighted by Gasteiger charge is -2.27. The van der Waals surface area contributed by atoms with Crippen molar-refractivity contribution in [1.82, 2.24) is 4.90 Å². The number of carbonyl (C=O) groups excluding carboxylic acids is 1. The number of carboxylic acid groups (broad SMARTS) is 1. The van der Waals surface area contributed by atoms with Gasteiger partial charge in [-0.2, -0.15) is 13.2 Å². The maximum atomic E-state index is 12.4. The van der Waals surface area contributed by atoms with E-state index in [2.05, 4.69) is 0 Å². The average molecular weight is 330 g/mol. The van der Waals surface area contributed by atoms with Crippen molar-refractivity contribution in [3.63, 3.8) is 0 Å². The van der Waals surface area contributed by atoms with E-state index in [0.29, 0.717) is 7.05 Å². The number of likely N-dealkylation sites (N-methyl/N-ethyl adjacent to an activating group) is 1. The summed E-state index contributed by atoms with van der Waals surface area (Å²) in [7, 11) is 0.717. The molecular weight excluding hydrogens is 322 g/mol. The van der Waals surface area contributed by atoms with E-state index in [1.807, 2.05) is 0 Å². The third kappa shape index (κ3) is 3.34. The molecule has 0 aliphatic rings. The highest BCUT2D eigenvalue weighted by Gasteiger charge is 2.45. The molecule has 110 valence electrons. The minimum absolute atomic E-state index is 0.0371. The summed E-state index contributed by atoms with van der Waals surface area (Å²) in [4.78, 5) is 22.4. The predicted molar refractivity (Wildman–Crippen MR) is 65.7 cm³/mol. The number of hydrogen-bond acceptors (Lipinski definition) is 2. The van der Waals surface area contributed by atoms with E-state index in [9.17, 15) is 22.8 Å². The molecule has 1 atom stereocenters. The van der Waals surface area contributed by atoms with Gasteiger partial charge in [0.25, 0.3) is 0 Å². The quantitative estimate of drug-likeness (QED) is 0.926. The zero-order valence-electron chi connectivity index (χ0n) is 9.91. The SMILES string of the molecule is CN(C(=O)C(F)(F)F)C(C(=O)O)c1c(Cl)cccc1Cl. The van der Waals surface area contributed by atoms with E-state index >= 15 is 0 Å². The lowest BCUT2D eigenvalue weighted by atomic mass is 10.1. The minimum atomic E-state index is -5.20. The molecule has 9 heteroatoms. The van der Waals surface area contributed by atoms with Gasteiger partial charge < -0.3 is 10.0 Å². The van der Waals surface area contributed by atoms with Gasteiger partial charge in [0.15, 0.2) is 6.04 Å². The molecule has 0 saturated carbocycles. The maximum absolute atomic E-state index is 12.4. The van der Waals surface area contributed by atoms with E-state index in [-0.39, 0.29) is 20.5 Å². The van der Waals surface area contributed by atoms with Crippen molar-refractivity contribution in [2.45, 2.75) is 12.2 Å². The van der Waals surface area contributed by atoms with Crippen LogP contribution < -0.4 is 0 Å². The van der Waals surface area contributed by atoms with Gasteiger partial charge in [-0.3, -0.25) is 4.79 Å². The van der Waals surface area contributed by atoms with Gasteiger partial charge in [-0.1, -0.05) is 29.3 Å². The monoisotopic (exact) mass is 329 g/mol. The molecule has 1 unspecified atom stereocenters. The topological polar surface area (TPSA) is 57.6 Å². The Morgan fingerprint density at radius 2 is 1.70 bits per heavy atom. The zero-order valence-corrected chi connectivity index (χ0v) is 11.4. The second kappa shape index (κ2) is 5.88. The summed E-state index contributed by atoms with van der Waals surface area (Å²) in [5.41, 5.74) is -0.275. The Bertz CT molecular complexity index is 528. The van der Waals surface area contributed by atoms with Crippen molar-refractivity contribution in [2.24, 2.45) is 0 Å². The van der Waals surface area contributed by atoms with Crippen LogP contribution in [0.3, 0.4) is 0 Å². The van der Waals surface area contributed by atoms with Crippen LogP contribution in [0, 0.1) is 0 Å². The number of amides is 1. The van der Waals surface area contributed by atoms with Crippen LogP contribution in [0.15, 0.2) is 18.2 Å². The lowest BCUT2D eigenvalue weighted by molar-refractivity contribution is -0.188. The molecule has 0 aliphatic heterocycles. The molecule has 1 amide bonds. The van der Waals surface area contributed by atoms with Crippen LogP contribution in [-0.2, 0) is 9.59 Å². The third-order valence-corrected chi connectivity index (χ3v) is 3.12. The fraction of sp³-hybridized carbons (Fsp3) is 0.273. The molecule has 0 aliphatic carbocycles. The summed E-state index contributed by atoms with van der Waals surface area (Å²) >= 11 is 11.5. The smallest absolute Gasteiger partial charge is 0.471 e.